The van der Waals surface area contributed by atoms with Crippen LogP contribution in [-0.2, 0) is 47.6 Å². The number of rotatable bonds is 34. The Morgan fingerprint density at radius 2 is 1.10 bits per heavy atom. The van der Waals surface area contributed by atoms with Crippen LogP contribution < -0.4 is 0 Å². The molecule has 8 N–H and O–H groups in total. The summed E-state index contributed by atoms with van der Waals surface area (Å²) in [5.41, 5.74) is 1.24. The number of epoxide rings is 1. The molecule has 0 aliphatic carbocycles. The SMILES string of the molecule is C/C(=C\C(=O)OCCCCCCCCC(=O)O[C@@H]1[C@@H](C[C@H](O)[C@@H](O)[C@@H](C)[C@H](C)O)CO[C@@H](C/C(C)=C/C(=O)OCCCCCCCCC(=O)O)[C@@H]1O)C[C@@H]1OC[C@H](C[C@@H]2O[C@H]2[C@@H](C)[C@H](C)O)[C@@H](O)[C@H]1O. The number of unbranched alkanes of at least 4 members (excludes halogenated alkanes) is 10. The van der Waals surface area contributed by atoms with Crippen molar-refractivity contribution in [2.24, 2.45) is 23.7 Å². The molecule has 16 atom stereocenters. The molecule has 0 amide bonds. The number of carboxylic acids is 1. The molecule has 18 heteroatoms. The minimum Gasteiger partial charge on any atom is -0.481 e. The van der Waals surface area contributed by atoms with E-state index in [9.17, 15) is 54.9 Å². The number of carboxylic acid groups (broad SMARTS) is 1. The first-order chi connectivity index (χ1) is 33.2. The fraction of sp³-hybridized carbons (Fsp3) is 0.846. The fourth-order valence-corrected chi connectivity index (χ4v) is 9.23. The van der Waals surface area contributed by atoms with Crippen LogP contribution in [-0.4, -0.2) is 164 Å². The van der Waals surface area contributed by atoms with Gasteiger partial charge in [0.15, 0.2) is 0 Å². The van der Waals surface area contributed by atoms with Gasteiger partial charge in [-0.1, -0.05) is 76.4 Å². The molecule has 3 fully saturated rings. The van der Waals surface area contributed by atoms with E-state index in [1.165, 1.54) is 19.1 Å². The van der Waals surface area contributed by atoms with E-state index in [0.717, 1.165) is 51.4 Å². The topological polar surface area (TPSA) is 289 Å². The number of aliphatic hydroxyl groups excluding tert-OH is 7. The van der Waals surface area contributed by atoms with Crippen molar-refractivity contribution in [2.75, 3.05) is 26.4 Å². The molecule has 3 aliphatic heterocycles. The minimum atomic E-state index is -1.31. The summed E-state index contributed by atoms with van der Waals surface area (Å²) in [4.78, 5) is 48.8. The second-order valence-corrected chi connectivity index (χ2v) is 20.4. The zero-order valence-electron chi connectivity index (χ0n) is 42.6. The van der Waals surface area contributed by atoms with Crippen LogP contribution in [0.2, 0.25) is 0 Å². The number of ether oxygens (including phenoxy) is 6. The van der Waals surface area contributed by atoms with Gasteiger partial charge >= 0.3 is 23.9 Å². The van der Waals surface area contributed by atoms with Crippen molar-refractivity contribution in [3.05, 3.63) is 23.3 Å². The normalized spacial score (nSPS) is 28.8. The average molecular weight is 1000 g/mol. The summed E-state index contributed by atoms with van der Waals surface area (Å²) in [5, 5.41) is 83.2. The molecule has 3 rings (SSSR count). The highest BCUT2D eigenvalue weighted by molar-refractivity contribution is 5.83. The minimum absolute atomic E-state index is 0.00135. The molecule has 0 unspecified atom stereocenters. The first-order valence-electron chi connectivity index (χ1n) is 25.9. The van der Waals surface area contributed by atoms with Gasteiger partial charge in [0.05, 0.1) is 81.4 Å². The molecule has 0 aromatic rings. The van der Waals surface area contributed by atoms with E-state index in [4.69, 9.17) is 33.5 Å². The monoisotopic (exact) mass is 1000 g/mol. The second-order valence-electron chi connectivity index (χ2n) is 20.4. The first kappa shape index (κ1) is 61.3. The second kappa shape index (κ2) is 32.2. The van der Waals surface area contributed by atoms with Crippen LogP contribution in [0.4, 0.5) is 0 Å². The quantitative estimate of drug-likeness (QED) is 0.0143. The fourth-order valence-electron chi connectivity index (χ4n) is 9.23. The predicted molar refractivity (Wildman–Crippen MR) is 257 cm³/mol. The Hall–Kier alpha value is -3.04. The summed E-state index contributed by atoms with van der Waals surface area (Å²) in [6.45, 7) is 10.9. The van der Waals surface area contributed by atoms with Crippen molar-refractivity contribution in [3.63, 3.8) is 0 Å². The maximum atomic E-state index is 13.2. The summed E-state index contributed by atoms with van der Waals surface area (Å²) in [7, 11) is 0. The maximum absolute atomic E-state index is 13.2. The third-order valence-corrected chi connectivity index (χ3v) is 14.2. The van der Waals surface area contributed by atoms with Crippen LogP contribution in [0.3, 0.4) is 0 Å². The summed E-state index contributed by atoms with van der Waals surface area (Å²) < 4.78 is 34.2. The van der Waals surface area contributed by atoms with Crippen LogP contribution in [0.5, 0.6) is 0 Å². The van der Waals surface area contributed by atoms with Crippen molar-refractivity contribution in [1.29, 1.82) is 0 Å². The van der Waals surface area contributed by atoms with E-state index in [-0.39, 0.29) is 82.6 Å². The predicted octanol–water partition coefficient (Wildman–Crippen LogP) is 4.62. The number of esters is 3. The molecule has 0 spiro atoms. The summed E-state index contributed by atoms with van der Waals surface area (Å²) in [6.07, 6.45) is 2.95. The maximum Gasteiger partial charge on any atom is 0.330 e. The highest BCUT2D eigenvalue weighted by atomic mass is 16.6. The Kier molecular flexibility index (Phi) is 28.2. The molecule has 0 radical (unpaired) electrons. The molecule has 3 heterocycles. The van der Waals surface area contributed by atoms with Crippen LogP contribution in [0, 0.1) is 23.7 Å². The molecule has 404 valence electrons. The molecule has 0 saturated carbocycles. The lowest BCUT2D eigenvalue weighted by molar-refractivity contribution is -0.198. The van der Waals surface area contributed by atoms with Gasteiger partial charge in [0.2, 0.25) is 0 Å². The molecular weight excluding hydrogens is 913 g/mol. The molecule has 3 saturated heterocycles. The Labute approximate surface area is 415 Å². The first-order valence-corrected chi connectivity index (χ1v) is 25.9. The lowest BCUT2D eigenvalue weighted by Gasteiger charge is -2.41. The lowest BCUT2D eigenvalue weighted by atomic mass is 9.83. The van der Waals surface area contributed by atoms with E-state index in [0.29, 0.717) is 43.3 Å². The molecule has 70 heavy (non-hydrogen) atoms. The number of carbonyl (C=O) groups is 4. The van der Waals surface area contributed by atoms with E-state index in [1.54, 1.807) is 27.7 Å². The van der Waals surface area contributed by atoms with Gasteiger partial charge in [0.25, 0.3) is 0 Å². The van der Waals surface area contributed by atoms with Gasteiger partial charge in [0, 0.05) is 48.7 Å². The molecule has 3 aliphatic rings. The van der Waals surface area contributed by atoms with Crippen molar-refractivity contribution < 1.29 is 88.5 Å². The third kappa shape index (κ3) is 22.4. The van der Waals surface area contributed by atoms with Crippen molar-refractivity contribution in [3.8, 4) is 0 Å². The van der Waals surface area contributed by atoms with Crippen LogP contribution in [0.1, 0.15) is 157 Å². The molecule has 0 aromatic heterocycles. The molecule has 0 bridgehead atoms. The Bertz CT molecular complexity index is 1620. The highest BCUT2D eigenvalue weighted by Gasteiger charge is 2.49. The highest BCUT2D eigenvalue weighted by Crippen LogP contribution is 2.39. The van der Waals surface area contributed by atoms with Crippen LogP contribution in [0.25, 0.3) is 0 Å². The van der Waals surface area contributed by atoms with Gasteiger partial charge in [-0.15, -0.1) is 0 Å². The van der Waals surface area contributed by atoms with Gasteiger partial charge in [-0.2, -0.15) is 0 Å². The van der Waals surface area contributed by atoms with Gasteiger partial charge in [0.1, 0.15) is 18.3 Å². The van der Waals surface area contributed by atoms with Crippen molar-refractivity contribution in [1.82, 2.24) is 0 Å². The number of aliphatic carboxylic acids is 1. The van der Waals surface area contributed by atoms with Crippen molar-refractivity contribution in [2.45, 2.75) is 230 Å². The number of hydrogen-bond donors (Lipinski definition) is 8. The molecular formula is C52H88O18. The number of carbonyl (C=O) groups excluding carboxylic acids is 3. The zero-order chi connectivity index (χ0) is 51.9. The Morgan fingerprint density at radius 1 is 0.614 bits per heavy atom. The zero-order valence-corrected chi connectivity index (χ0v) is 42.6. The van der Waals surface area contributed by atoms with E-state index < -0.39 is 96.8 Å². The Morgan fingerprint density at radius 3 is 1.61 bits per heavy atom. The molecule has 0 aromatic carbocycles. The number of aliphatic hydroxyl groups is 7. The average Bonchev–Trinajstić information content (AvgIpc) is 4.07. The van der Waals surface area contributed by atoms with Crippen LogP contribution in [0.15, 0.2) is 23.3 Å². The van der Waals surface area contributed by atoms with Gasteiger partial charge in [-0.05, 0) is 79.1 Å². The summed E-state index contributed by atoms with van der Waals surface area (Å²) >= 11 is 0. The Balaban J connectivity index is 1.36. The lowest BCUT2D eigenvalue weighted by Crippen LogP contribution is -2.53. The van der Waals surface area contributed by atoms with E-state index in [1.807, 2.05) is 6.92 Å². The van der Waals surface area contributed by atoms with E-state index >= 15 is 0 Å². The summed E-state index contributed by atoms with van der Waals surface area (Å²) in [5.74, 6) is -3.99. The molecule has 18 nitrogen and oxygen atoms in total. The van der Waals surface area contributed by atoms with Gasteiger partial charge in [-0.25, -0.2) is 9.59 Å². The van der Waals surface area contributed by atoms with Crippen LogP contribution >= 0.6 is 0 Å². The smallest absolute Gasteiger partial charge is 0.330 e. The number of hydrogen-bond acceptors (Lipinski definition) is 17. The van der Waals surface area contributed by atoms with Crippen molar-refractivity contribution >= 4 is 23.9 Å². The van der Waals surface area contributed by atoms with Gasteiger partial charge in [-0.3, -0.25) is 9.59 Å². The standard InChI is InChI=1S/C52H88O18/c1-31(23-40-49(63)48(62)37(29-67-40)28-42-51(69-42)34(4)36(6)54)25-45(59)65-22-18-14-10-8-12-16-20-44(58)70-52-38(27-39(55)47(61)33(3)35(5)53)30-68-41(50(52)64)24-32(2)26-46(60)66-21-17-13-9-7-11-15-19-43(56)57/h25-26,33-42,47-55,61-64H,7-24,27-30H2,1-6H3,(H,56,57)/b31-25+,32-26+/t33-,34-,35-,36-,37-,38-,39-,40-,41-,42-,47-,48+,49-,50-,51-,52+/m0/s1. The van der Waals surface area contributed by atoms with E-state index in [2.05, 4.69) is 0 Å². The third-order valence-electron chi connectivity index (χ3n) is 14.2. The summed E-state index contributed by atoms with van der Waals surface area (Å²) in [6, 6.07) is 0. The largest absolute Gasteiger partial charge is 0.481 e. The van der Waals surface area contributed by atoms with Gasteiger partial charge < -0.3 is 69.3 Å².